The molecule has 0 aliphatic carbocycles. The summed E-state index contributed by atoms with van der Waals surface area (Å²) in [5.74, 6) is 1.14. The van der Waals surface area contributed by atoms with Crippen molar-refractivity contribution < 1.29 is 26.5 Å². The maximum absolute atomic E-state index is 11.8. The van der Waals surface area contributed by atoms with E-state index in [4.69, 9.17) is 4.74 Å². The van der Waals surface area contributed by atoms with Crippen LogP contribution >= 0.6 is 0 Å². The lowest BCUT2D eigenvalue weighted by Crippen LogP contribution is -3.00. The number of halogens is 1. The Hall–Kier alpha value is -1.11. The Morgan fingerprint density at radius 1 is 1.45 bits per heavy atom. The molecule has 2 rings (SSSR count). The number of hydrogen-bond acceptors (Lipinski definition) is 3. The number of carbonyl (C=O) groups excluding carboxylic acids is 1. The topological polar surface area (TPSA) is 50.4 Å². The molecule has 7 heteroatoms. The monoisotopic (exact) mass is 302 g/mol. The summed E-state index contributed by atoms with van der Waals surface area (Å²) >= 11 is 0. The van der Waals surface area contributed by atoms with Crippen LogP contribution in [0.25, 0.3) is 0 Å². The number of carbonyl (C=O) groups is 1. The summed E-state index contributed by atoms with van der Waals surface area (Å²) in [7, 11) is 1.97. The van der Waals surface area contributed by atoms with Crippen LogP contribution in [-0.2, 0) is 23.1 Å². The zero-order valence-electron chi connectivity index (χ0n) is 12.1. The minimum atomic E-state index is 0. The first kappa shape index (κ1) is 16.9. The van der Waals surface area contributed by atoms with Crippen molar-refractivity contribution >= 4 is 5.91 Å². The Balaban J connectivity index is 0.00000200. The number of imidazole rings is 1. The molecule has 1 aliphatic rings. The molecule has 2 heterocycles. The molecule has 1 aromatic heterocycles. The van der Waals surface area contributed by atoms with E-state index in [9.17, 15) is 4.79 Å². The molecule has 1 N–H and O–H groups in total. The van der Waals surface area contributed by atoms with Crippen LogP contribution in [-0.4, -0.2) is 54.8 Å². The third-order valence-corrected chi connectivity index (χ3v) is 3.56. The number of amides is 1. The Morgan fingerprint density at radius 3 is 2.75 bits per heavy atom. The van der Waals surface area contributed by atoms with E-state index in [0.717, 1.165) is 38.7 Å². The molecule has 0 atom stereocenters. The lowest BCUT2D eigenvalue weighted by molar-refractivity contribution is -0.690. The summed E-state index contributed by atoms with van der Waals surface area (Å²) in [4.78, 5) is 14.1. The Kier molecular flexibility index (Phi) is 6.98. The van der Waals surface area contributed by atoms with Crippen LogP contribution in [0.15, 0.2) is 12.4 Å². The molecule has 0 unspecified atom stereocenters. The first-order valence-electron chi connectivity index (χ1n) is 6.75. The fraction of sp³-hybridized carbons (Fsp3) is 0.692. The summed E-state index contributed by atoms with van der Waals surface area (Å²) in [5.41, 5.74) is 0. The number of ether oxygens (including phenoxy) is 1. The largest absolute Gasteiger partial charge is 1.00 e. The maximum Gasteiger partial charge on any atom is 0.262 e. The zero-order valence-corrected chi connectivity index (χ0v) is 12.9. The Bertz CT molecular complexity index is 430. The lowest BCUT2D eigenvalue weighted by Gasteiger charge is -2.26. The number of rotatable bonds is 5. The van der Waals surface area contributed by atoms with Gasteiger partial charge in [-0.15, -0.1) is 0 Å². The normalized spacial score (nSPS) is 15.7. The van der Waals surface area contributed by atoms with Gasteiger partial charge in [0.15, 0.2) is 6.54 Å². The molecule has 0 radical (unpaired) electrons. The van der Waals surface area contributed by atoms with Crippen molar-refractivity contribution in [1.29, 1.82) is 0 Å². The molecule has 0 saturated carbocycles. The van der Waals surface area contributed by atoms with E-state index in [-0.39, 0.29) is 18.3 Å². The van der Waals surface area contributed by atoms with Crippen molar-refractivity contribution in [2.75, 3.05) is 39.4 Å². The van der Waals surface area contributed by atoms with Gasteiger partial charge < -0.3 is 22.5 Å². The molecule has 1 fully saturated rings. The van der Waals surface area contributed by atoms with E-state index in [1.165, 1.54) is 0 Å². The SMILES string of the molecule is Cc1n(C)cc[n+]1CC(=O)NCCN1CCOCC1.[Cl-]. The molecule has 6 nitrogen and oxygen atoms in total. The van der Waals surface area contributed by atoms with Crippen molar-refractivity contribution in [3.05, 3.63) is 18.2 Å². The van der Waals surface area contributed by atoms with Crippen LogP contribution in [0.1, 0.15) is 5.82 Å². The second kappa shape index (κ2) is 8.24. The highest BCUT2D eigenvalue weighted by Crippen LogP contribution is 1.94. The minimum Gasteiger partial charge on any atom is -1.00 e. The molecular formula is C13H23ClN4O2. The third-order valence-electron chi connectivity index (χ3n) is 3.56. The molecule has 1 aliphatic heterocycles. The molecule has 1 amide bonds. The van der Waals surface area contributed by atoms with Gasteiger partial charge in [-0.05, 0) is 0 Å². The number of morpholine rings is 1. The van der Waals surface area contributed by atoms with Crippen LogP contribution in [0.3, 0.4) is 0 Å². The third kappa shape index (κ3) is 4.77. The average molecular weight is 303 g/mol. The van der Waals surface area contributed by atoms with Crippen LogP contribution in [0.5, 0.6) is 0 Å². The van der Waals surface area contributed by atoms with Gasteiger partial charge in [0.25, 0.3) is 11.7 Å². The minimum absolute atomic E-state index is 0. The number of nitrogens with zero attached hydrogens (tertiary/aromatic N) is 3. The van der Waals surface area contributed by atoms with E-state index in [1.54, 1.807) is 0 Å². The zero-order chi connectivity index (χ0) is 13.7. The molecule has 0 bridgehead atoms. The second-order valence-electron chi connectivity index (χ2n) is 4.89. The van der Waals surface area contributed by atoms with Crippen molar-refractivity contribution in [3.63, 3.8) is 0 Å². The number of aryl methyl sites for hydroxylation is 1. The van der Waals surface area contributed by atoms with Crippen molar-refractivity contribution in [3.8, 4) is 0 Å². The van der Waals surface area contributed by atoms with Gasteiger partial charge in [-0.2, -0.15) is 0 Å². The van der Waals surface area contributed by atoms with E-state index < -0.39 is 0 Å². The summed E-state index contributed by atoms with van der Waals surface area (Å²) in [5, 5.41) is 2.96. The van der Waals surface area contributed by atoms with Crippen LogP contribution in [0, 0.1) is 6.92 Å². The van der Waals surface area contributed by atoms with Gasteiger partial charge in [0.05, 0.1) is 20.3 Å². The van der Waals surface area contributed by atoms with Gasteiger partial charge in [0.2, 0.25) is 0 Å². The Morgan fingerprint density at radius 2 is 2.15 bits per heavy atom. The van der Waals surface area contributed by atoms with E-state index in [0.29, 0.717) is 13.1 Å². The standard InChI is InChI=1S/C13H22N4O2.ClH/c1-12-15(2)5-6-17(12)11-13(18)14-3-4-16-7-9-19-10-8-16;/h5-6H,3-4,7-11H2,1-2H3;1H. The van der Waals surface area contributed by atoms with Gasteiger partial charge in [-0.1, -0.05) is 0 Å². The van der Waals surface area contributed by atoms with Crippen molar-refractivity contribution in [2.45, 2.75) is 13.5 Å². The van der Waals surface area contributed by atoms with Gasteiger partial charge >= 0.3 is 0 Å². The molecule has 1 saturated heterocycles. The van der Waals surface area contributed by atoms with Gasteiger partial charge in [0.1, 0.15) is 12.4 Å². The molecule has 0 spiro atoms. The van der Waals surface area contributed by atoms with Gasteiger partial charge in [-0.3, -0.25) is 9.69 Å². The summed E-state index contributed by atoms with van der Waals surface area (Å²) in [6.07, 6.45) is 3.88. The number of aromatic nitrogens is 2. The van der Waals surface area contributed by atoms with E-state index in [2.05, 4.69) is 10.2 Å². The van der Waals surface area contributed by atoms with Crippen LogP contribution in [0.4, 0.5) is 0 Å². The second-order valence-corrected chi connectivity index (χ2v) is 4.89. The van der Waals surface area contributed by atoms with E-state index >= 15 is 0 Å². The molecule has 20 heavy (non-hydrogen) atoms. The summed E-state index contributed by atoms with van der Waals surface area (Å²) < 4.78 is 9.24. The van der Waals surface area contributed by atoms with Gasteiger partial charge in [-0.25, -0.2) is 9.13 Å². The fourth-order valence-corrected chi connectivity index (χ4v) is 2.15. The van der Waals surface area contributed by atoms with E-state index in [1.807, 2.05) is 35.5 Å². The highest BCUT2D eigenvalue weighted by molar-refractivity contribution is 5.74. The van der Waals surface area contributed by atoms with Crippen molar-refractivity contribution in [2.24, 2.45) is 7.05 Å². The predicted octanol–water partition coefficient (Wildman–Crippen LogP) is -3.93. The lowest BCUT2D eigenvalue weighted by atomic mass is 10.4. The molecule has 1 aromatic rings. The van der Waals surface area contributed by atoms with Crippen LogP contribution < -0.4 is 22.3 Å². The fourth-order valence-electron chi connectivity index (χ4n) is 2.15. The molecule has 114 valence electrons. The van der Waals surface area contributed by atoms with Gasteiger partial charge in [0, 0.05) is 33.1 Å². The molecule has 0 aromatic carbocycles. The summed E-state index contributed by atoms with van der Waals surface area (Å²) in [6, 6.07) is 0. The summed E-state index contributed by atoms with van der Waals surface area (Å²) in [6.45, 7) is 7.50. The number of nitrogens with one attached hydrogen (secondary N) is 1. The maximum atomic E-state index is 11.8. The molecular weight excluding hydrogens is 280 g/mol. The van der Waals surface area contributed by atoms with Crippen molar-refractivity contribution in [1.82, 2.24) is 14.8 Å². The highest BCUT2D eigenvalue weighted by atomic mass is 35.5. The average Bonchev–Trinajstić information content (AvgIpc) is 2.72. The smallest absolute Gasteiger partial charge is 0.262 e. The predicted molar refractivity (Wildman–Crippen MR) is 70.6 cm³/mol. The first-order chi connectivity index (χ1) is 9.16. The first-order valence-corrected chi connectivity index (χ1v) is 6.75. The highest BCUT2D eigenvalue weighted by Gasteiger charge is 2.14. The number of hydrogen-bond donors (Lipinski definition) is 1. The Labute approximate surface area is 126 Å². The van der Waals surface area contributed by atoms with Crippen LogP contribution in [0.2, 0.25) is 0 Å². The quantitative estimate of drug-likeness (QED) is 0.565.